The molecule has 1 heterocycles. The van der Waals surface area contributed by atoms with Gasteiger partial charge in [0.2, 0.25) is 0 Å². The molecule has 0 fully saturated rings. The van der Waals surface area contributed by atoms with Crippen molar-refractivity contribution < 1.29 is 13.3 Å². The van der Waals surface area contributed by atoms with Crippen LogP contribution >= 0.6 is 12.2 Å². The lowest BCUT2D eigenvalue weighted by Crippen LogP contribution is -2.26. The molecule has 0 aliphatic carbocycles. The van der Waals surface area contributed by atoms with Crippen molar-refractivity contribution in [1.82, 2.24) is 0 Å². The van der Waals surface area contributed by atoms with Crippen molar-refractivity contribution >= 4 is 40.9 Å². The average Bonchev–Trinajstić information content (AvgIpc) is 2.47. The lowest BCUT2D eigenvalue weighted by atomic mass is 9.96. The molecule has 1 aromatic carbocycles. The van der Waals surface area contributed by atoms with Gasteiger partial charge in [0, 0.05) is 22.2 Å². The predicted molar refractivity (Wildman–Crippen MR) is 94.8 cm³/mol. The largest absolute Gasteiger partial charge is 0.591 e. The second-order valence-corrected chi connectivity index (χ2v) is 8.32. The number of thiocarbonyl (C=S) groups is 1. The average molecular weight is 354 g/mol. The lowest BCUT2D eigenvalue weighted by molar-refractivity contribution is 0.561. The molecule has 7 heteroatoms. The molecular formula is C16H16F2N2OS2. The normalized spacial score (nSPS) is 19.6. The lowest BCUT2D eigenvalue weighted by Gasteiger charge is -2.19. The van der Waals surface area contributed by atoms with E-state index in [1.807, 2.05) is 0 Å². The summed E-state index contributed by atoms with van der Waals surface area (Å²) in [6.45, 7) is 5.23. The Hall–Kier alpha value is -1.44. The molecule has 0 radical (unpaired) electrons. The van der Waals surface area contributed by atoms with Crippen LogP contribution in [0.15, 0.2) is 33.7 Å². The Morgan fingerprint density at radius 3 is 2.57 bits per heavy atom. The first kappa shape index (κ1) is 17.9. The Labute approximate surface area is 142 Å². The highest BCUT2D eigenvalue weighted by atomic mass is 32.2. The molecule has 2 rings (SSSR count). The van der Waals surface area contributed by atoms with Crippen LogP contribution in [0.1, 0.15) is 37.9 Å². The molecule has 122 valence electrons. The van der Waals surface area contributed by atoms with Gasteiger partial charge in [-0.3, -0.25) is 4.99 Å². The number of dihydropyridines is 1. The maximum atomic E-state index is 14.3. The number of hydrogen-bond donors (Lipinski definition) is 0. The Morgan fingerprint density at radius 1 is 1.30 bits per heavy atom. The van der Waals surface area contributed by atoms with Crippen LogP contribution in [0, 0.1) is 11.6 Å². The zero-order valence-electron chi connectivity index (χ0n) is 12.9. The Morgan fingerprint density at radius 2 is 1.96 bits per heavy atom. The molecule has 0 saturated carbocycles. The molecule has 0 amide bonds. The van der Waals surface area contributed by atoms with Crippen LogP contribution in [-0.4, -0.2) is 26.6 Å². The summed E-state index contributed by atoms with van der Waals surface area (Å²) in [7, 11) is 0. The molecule has 2 unspecified atom stereocenters. The van der Waals surface area contributed by atoms with Gasteiger partial charge in [0.15, 0.2) is 0 Å². The second kappa shape index (κ2) is 6.98. The van der Waals surface area contributed by atoms with E-state index in [-0.39, 0.29) is 11.1 Å². The summed E-state index contributed by atoms with van der Waals surface area (Å²) in [4.78, 5) is 4.50. The summed E-state index contributed by atoms with van der Waals surface area (Å²) in [6, 6.07) is 1.24. The molecular weight excluding hydrogens is 338 g/mol. The molecule has 2 atom stereocenters. The summed E-state index contributed by atoms with van der Waals surface area (Å²) < 4.78 is 43.8. The van der Waals surface area contributed by atoms with Crippen molar-refractivity contribution in [3.8, 4) is 0 Å². The molecule has 1 aliphatic heterocycles. The van der Waals surface area contributed by atoms with E-state index in [9.17, 15) is 13.3 Å². The molecule has 0 N–H and O–H groups in total. The fourth-order valence-electron chi connectivity index (χ4n) is 1.91. The molecule has 23 heavy (non-hydrogen) atoms. The smallest absolute Gasteiger partial charge is 0.144 e. The van der Waals surface area contributed by atoms with E-state index < -0.39 is 33.8 Å². The van der Waals surface area contributed by atoms with E-state index in [1.165, 1.54) is 6.21 Å². The first-order chi connectivity index (χ1) is 10.7. The van der Waals surface area contributed by atoms with Crippen LogP contribution in [0.5, 0.6) is 0 Å². The standard InChI is InChI=1S/C16H16F2N2OS2/c1-16(2,3)23(21)20-9-10-11(17)6-7-12(18)14(10)15-13(22)5-4-8-19-15/h4-9,15H,1-3H3. The minimum absolute atomic E-state index is 0.00487. The summed E-state index contributed by atoms with van der Waals surface area (Å²) in [6.07, 6.45) is 5.84. The van der Waals surface area contributed by atoms with Crippen molar-refractivity contribution in [1.29, 1.82) is 0 Å². The second-order valence-electron chi connectivity index (χ2n) is 5.91. The SMILES string of the molecule is CC(C)(C)[S+]([O-])N=Cc1c(F)ccc(F)c1C1N=CC=CC1=S. The molecule has 0 saturated heterocycles. The number of halogens is 2. The van der Waals surface area contributed by atoms with Gasteiger partial charge in [0.05, 0.1) is 6.21 Å². The first-order valence-electron chi connectivity index (χ1n) is 6.89. The van der Waals surface area contributed by atoms with Crippen LogP contribution in [0.25, 0.3) is 0 Å². The fourth-order valence-corrected chi connectivity index (χ4v) is 2.68. The van der Waals surface area contributed by atoms with Gasteiger partial charge in [-0.1, -0.05) is 16.6 Å². The molecule has 0 bridgehead atoms. The van der Waals surface area contributed by atoms with E-state index >= 15 is 0 Å². The summed E-state index contributed by atoms with van der Waals surface area (Å²) >= 11 is 3.59. The minimum Gasteiger partial charge on any atom is -0.591 e. The number of benzene rings is 1. The first-order valence-corrected chi connectivity index (χ1v) is 8.41. The Balaban J connectivity index is 2.49. The van der Waals surface area contributed by atoms with E-state index in [2.05, 4.69) is 9.39 Å². The van der Waals surface area contributed by atoms with Gasteiger partial charge < -0.3 is 4.55 Å². The van der Waals surface area contributed by atoms with Gasteiger partial charge in [-0.05, 0) is 45.1 Å². The van der Waals surface area contributed by atoms with Crippen molar-refractivity contribution in [2.45, 2.75) is 31.6 Å². The van der Waals surface area contributed by atoms with Gasteiger partial charge in [-0.25, -0.2) is 8.78 Å². The topological polar surface area (TPSA) is 47.8 Å². The third kappa shape index (κ3) is 4.10. The third-order valence-electron chi connectivity index (χ3n) is 3.11. The number of rotatable bonds is 3. The van der Waals surface area contributed by atoms with E-state index in [0.717, 1.165) is 18.3 Å². The van der Waals surface area contributed by atoms with Crippen LogP contribution in [0.4, 0.5) is 8.78 Å². The molecule has 3 nitrogen and oxygen atoms in total. The summed E-state index contributed by atoms with van der Waals surface area (Å²) in [5.74, 6) is -1.29. The highest BCUT2D eigenvalue weighted by Gasteiger charge is 2.28. The van der Waals surface area contributed by atoms with Crippen LogP contribution in [0.2, 0.25) is 0 Å². The van der Waals surface area contributed by atoms with Gasteiger partial charge >= 0.3 is 0 Å². The van der Waals surface area contributed by atoms with Gasteiger partial charge in [0.25, 0.3) is 0 Å². The number of nitrogens with zero attached hydrogens (tertiary/aromatic N) is 2. The zero-order valence-corrected chi connectivity index (χ0v) is 14.5. The van der Waals surface area contributed by atoms with Crippen molar-refractivity contribution in [3.63, 3.8) is 0 Å². The number of hydrogen-bond acceptors (Lipinski definition) is 4. The van der Waals surface area contributed by atoms with Gasteiger partial charge in [-0.15, -0.1) is 0 Å². The van der Waals surface area contributed by atoms with Crippen LogP contribution < -0.4 is 0 Å². The molecule has 0 aromatic heterocycles. The monoisotopic (exact) mass is 354 g/mol. The predicted octanol–water partition coefficient (Wildman–Crippen LogP) is 3.90. The van der Waals surface area contributed by atoms with Crippen molar-refractivity contribution in [2.24, 2.45) is 9.39 Å². The van der Waals surface area contributed by atoms with E-state index in [0.29, 0.717) is 4.86 Å². The van der Waals surface area contributed by atoms with E-state index in [1.54, 1.807) is 32.9 Å². The quantitative estimate of drug-likeness (QED) is 0.470. The zero-order chi connectivity index (χ0) is 17.2. The maximum absolute atomic E-state index is 14.3. The van der Waals surface area contributed by atoms with Crippen molar-refractivity contribution in [2.75, 3.05) is 0 Å². The maximum Gasteiger partial charge on any atom is 0.144 e. The van der Waals surface area contributed by atoms with Crippen LogP contribution in [0.3, 0.4) is 0 Å². The Bertz CT molecular complexity index is 709. The van der Waals surface area contributed by atoms with Gasteiger partial charge in [0.1, 0.15) is 33.8 Å². The fraction of sp³-hybridized carbons (Fsp3) is 0.312. The Kier molecular flexibility index (Phi) is 5.44. The minimum atomic E-state index is -1.58. The molecule has 0 spiro atoms. The highest BCUT2D eigenvalue weighted by molar-refractivity contribution is 7.91. The summed E-state index contributed by atoms with van der Waals surface area (Å²) in [5.41, 5.74) is -0.0762. The van der Waals surface area contributed by atoms with E-state index in [4.69, 9.17) is 12.2 Å². The summed E-state index contributed by atoms with van der Waals surface area (Å²) in [5, 5.41) is 0. The number of allylic oxidation sites excluding steroid dienone is 1. The van der Waals surface area contributed by atoms with Crippen LogP contribution in [-0.2, 0) is 11.4 Å². The number of aliphatic imine (C=N–C) groups is 1. The highest BCUT2D eigenvalue weighted by Crippen LogP contribution is 2.29. The molecule has 1 aliphatic rings. The third-order valence-corrected chi connectivity index (χ3v) is 4.81. The molecule has 1 aromatic rings. The van der Waals surface area contributed by atoms with Gasteiger partial charge in [-0.2, -0.15) is 0 Å². The van der Waals surface area contributed by atoms with Crippen molar-refractivity contribution in [3.05, 3.63) is 47.0 Å².